The molecule has 2 aromatic heterocycles. The minimum atomic E-state index is -0.802. The van der Waals surface area contributed by atoms with Crippen molar-refractivity contribution < 1.29 is 19.7 Å². The van der Waals surface area contributed by atoms with E-state index in [1.165, 1.54) is 18.1 Å². The highest BCUT2D eigenvalue weighted by molar-refractivity contribution is 8.00. The van der Waals surface area contributed by atoms with Crippen LogP contribution in [-0.4, -0.2) is 74.1 Å². The second-order valence-electron chi connectivity index (χ2n) is 5.15. The molecule has 4 atom stereocenters. The molecule has 9 nitrogen and oxygen atoms in total. The fourth-order valence-corrected chi connectivity index (χ4v) is 4.04. The van der Waals surface area contributed by atoms with E-state index in [9.17, 15) is 10.2 Å². The summed E-state index contributed by atoms with van der Waals surface area (Å²) in [6.45, 7) is 0.623. The van der Waals surface area contributed by atoms with Gasteiger partial charge in [0.2, 0.25) is 0 Å². The van der Waals surface area contributed by atoms with Gasteiger partial charge in [-0.05, 0) is 0 Å². The third kappa shape index (κ3) is 3.00. The van der Waals surface area contributed by atoms with E-state index in [-0.39, 0.29) is 17.2 Å². The molecule has 0 radical (unpaired) electrons. The van der Waals surface area contributed by atoms with E-state index >= 15 is 0 Å². The maximum atomic E-state index is 10.4. The molecule has 1 aliphatic rings. The monoisotopic (exact) mass is 341 g/mol. The van der Waals surface area contributed by atoms with Gasteiger partial charge in [-0.15, -0.1) is 11.8 Å². The van der Waals surface area contributed by atoms with E-state index in [0.717, 1.165) is 0 Å². The highest BCUT2D eigenvalue weighted by atomic mass is 32.2. The SMILES string of the molecule is COCCOC1C(O)[C@@H](CO)S[C@H]1n1cnc2c(N)ncnc21. The summed E-state index contributed by atoms with van der Waals surface area (Å²) in [5.41, 5.74) is 6.89. The molecule has 23 heavy (non-hydrogen) atoms. The Morgan fingerprint density at radius 2 is 2.17 bits per heavy atom. The molecule has 0 bridgehead atoms. The van der Waals surface area contributed by atoms with Gasteiger partial charge in [0.05, 0.1) is 37.5 Å². The van der Waals surface area contributed by atoms with Crippen LogP contribution in [0.5, 0.6) is 0 Å². The van der Waals surface area contributed by atoms with Crippen molar-refractivity contribution in [3.8, 4) is 0 Å². The van der Waals surface area contributed by atoms with E-state index in [4.69, 9.17) is 15.2 Å². The average molecular weight is 341 g/mol. The third-order valence-corrected chi connectivity index (χ3v) is 5.30. The Hall–Kier alpha value is -1.46. The summed E-state index contributed by atoms with van der Waals surface area (Å²) in [5.74, 6) is 0.299. The number of nitrogens with zero attached hydrogens (tertiary/aromatic N) is 4. The van der Waals surface area contributed by atoms with Gasteiger partial charge in [0, 0.05) is 7.11 Å². The average Bonchev–Trinajstić information content (AvgIpc) is 3.10. The van der Waals surface area contributed by atoms with Gasteiger partial charge in [0.25, 0.3) is 0 Å². The smallest absolute Gasteiger partial charge is 0.166 e. The first kappa shape index (κ1) is 16.4. The Labute approximate surface area is 136 Å². The number of hydrogen-bond donors (Lipinski definition) is 3. The highest BCUT2D eigenvalue weighted by Crippen LogP contribution is 2.44. The summed E-state index contributed by atoms with van der Waals surface area (Å²) in [5, 5.41) is 19.3. The van der Waals surface area contributed by atoms with E-state index in [0.29, 0.717) is 30.2 Å². The van der Waals surface area contributed by atoms with Crippen molar-refractivity contribution in [3.05, 3.63) is 12.7 Å². The van der Waals surface area contributed by atoms with Crippen molar-refractivity contribution in [1.82, 2.24) is 19.5 Å². The fraction of sp³-hybridized carbons (Fsp3) is 0.615. The first-order chi connectivity index (χ1) is 11.2. The van der Waals surface area contributed by atoms with Crippen molar-refractivity contribution in [3.63, 3.8) is 0 Å². The Kier molecular flexibility index (Phi) is 4.97. The number of imidazole rings is 1. The van der Waals surface area contributed by atoms with Crippen LogP contribution in [0.15, 0.2) is 12.7 Å². The molecule has 0 aromatic carbocycles. The number of ether oxygens (including phenoxy) is 2. The van der Waals surface area contributed by atoms with E-state index in [1.54, 1.807) is 18.0 Å². The minimum Gasteiger partial charge on any atom is -0.395 e. The van der Waals surface area contributed by atoms with Crippen LogP contribution in [-0.2, 0) is 9.47 Å². The molecule has 1 saturated heterocycles. The predicted molar refractivity (Wildman–Crippen MR) is 84.9 cm³/mol. The van der Waals surface area contributed by atoms with Crippen molar-refractivity contribution in [2.75, 3.05) is 32.7 Å². The summed E-state index contributed by atoms with van der Waals surface area (Å²) in [4.78, 5) is 12.4. The molecule has 1 aliphatic heterocycles. The summed E-state index contributed by atoms with van der Waals surface area (Å²) >= 11 is 1.42. The van der Waals surface area contributed by atoms with E-state index < -0.39 is 12.2 Å². The minimum absolute atomic E-state index is 0.143. The van der Waals surface area contributed by atoms with Gasteiger partial charge < -0.3 is 25.4 Å². The summed E-state index contributed by atoms with van der Waals surface area (Å²) < 4.78 is 12.6. The molecular weight excluding hydrogens is 322 g/mol. The van der Waals surface area contributed by atoms with Crippen LogP contribution in [0.4, 0.5) is 5.82 Å². The summed E-state index contributed by atoms with van der Waals surface area (Å²) in [6.07, 6.45) is 1.66. The first-order valence-corrected chi connectivity index (χ1v) is 8.09. The summed E-state index contributed by atoms with van der Waals surface area (Å²) in [7, 11) is 1.58. The van der Waals surface area contributed by atoms with Crippen molar-refractivity contribution in [2.24, 2.45) is 0 Å². The van der Waals surface area contributed by atoms with Crippen molar-refractivity contribution >= 4 is 28.7 Å². The zero-order valence-corrected chi connectivity index (χ0v) is 13.4. The van der Waals surface area contributed by atoms with Gasteiger partial charge in [0.1, 0.15) is 23.3 Å². The zero-order valence-electron chi connectivity index (χ0n) is 12.6. The molecule has 0 saturated carbocycles. The van der Waals surface area contributed by atoms with Gasteiger partial charge in [-0.25, -0.2) is 15.0 Å². The third-order valence-electron chi connectivity index (χ3n) is 3.75. The second kappa shape index (κ2) is 6.97. The van der Waals surface area contributed by atoms with Crippen LogP contribution < -0.4 is 5.73 Å². The molecule has 126 valence electrons. The van der Waals surface area contributed by atoms with Crippen LogP contribution in [0.3, 0.4) is 0 Å². The topological polar surface area (TPSA) is 129 Å². The number of aromatic nitrogens is 4. The van der Waals surface area contributed by atoms with Crippen molar-refractivity contribution in [2.45, 2.75) is 22.8 Å². The molecule has 4 N–H and O–H groups in total. The van der Waals surface area contributed by atoms with Gasteiger partial charge in [0.15, 0.2) is 11.5 Å². The first-order valence-electron chi connectivity index (χ1n) is 7.15. The number of aliphatic hydroxyl groups is 2. The molecule has 3 heterocycles. The van der Waals surface area contributed by atoms with Crippen LogP contribution in [0, 0.1) is 0 Å². The van der Waals surface area contributed by atoms with Crippen LogP contribution in [0.1, 0.15) is 5.37 Å². The number of methoxy groups -OCH3 is 1. The molecule has 2 aromatic rings. The molecule has 0 amide bonds. The number of nitrogen functional groups attached to an aromatic ring is 1. The molecular formula is C13H19N5O4S. The van der Waals surface area contributed by atoms with Crippen LogP contribution in [0.25, 0.3) is 11.2 Å². The normalized spacial score (nSPS) is 27.8. The number of rotatable bonds is 6. The number of thioether (sulfide) groups is 1. The van der Waals surface area contributed by atoms with Gasteiger partial charge in [-0.1, -0.05) is 0 Å². The number of nitrogens with two attached hydrogens (primary N) is 1. The lowest BCUT2D eigenvalue weighted by Gasteiger charge is -2.23. The largest absolute Gasteiger partial charge is 0.395 e. The van der Waals surface area contributed by atoms with Gasteiger partial charge in [-0.2, -0.15) is 0 Å². The lowest BCUT2D eigenvalue weighted by molar-refractivity contribution is -0.0556. The lowest BCUT2D eigenvalue weighted by atomic mass is 10.1. The van der Waals surface area contributed by atoms with Gasteiger partial charge >= 0.3 is 0 Å². The summed E-state index contributed by atoms with van der Waals surface area (Å²) in [6, 6.07) is 0. The highest BCUT2D eigenvalue weighted by Gasteiger charge is 2.45. The van der Waals surface area contributed by atoms with Crippen LogP contribution >= 0.6 is 11.8 Å². The van der Waals surface area contributed by atoms with Crippen LogP contribution in [0.2, 0.25) is 0 Å². The Morgan fingerprint density at radius 3 is 2.91 bits per heavy atom. The Morgan fingerprint density at radius 1 is 1.35 bits per heavy atom. The van der Waals surface area contributed by atoms with E-state index in [2.05, 4.69) is 15.0 Å². The molecule has 1 fully saturated rings. The Balaban J connectivity index is 1.92. The standard InChI is InChI=1S/C13H19N5O4S/c1-21-2-3-22-10-9(20)7(4-19)23-13(10)18-6-17-8-11(14)15-5-16-12(8)18/h5-7,9-10,13,19-20H,2-4H2,1H3,(H2,14,15,16)/t7-,9?,10?,13-/m1/s1. The molecule has 10 heteroatoms. The number of aliphatic hydroxyl groups excluding tert-OH is 2. The maximum Gasteiger partial charge on any atom is 0.166 e. The number of fused-ring (bicyclic) bond motifs is 1. The molecule has 0 aliphatic carbocycles. The van der Waals surface area contributed by atoms with E-state index in [1.807, 2.05) is 0 Å². The van der Waals surface area contributed by atoms with Gasteiger partial charge in [-0.3, -0.25) is 4.57 Å². The zero-order chi connectivity index (χ0) is 16.4. The Bertz CT molecular complexity index is 669. The number of anilines is 1. The molecule has 0 spiro atoms. The number of hydrogen-bond acceptors (Lipinski definition) is 9. The second-order valence-corrected chi connectivity index (χ2v) is 6.51. The quantitative estimate of drug-likeness (QED) is 0.590. The predicted octanol–water partition coefficient (Wildman–Crippen LogP) is -0.593. The lowest BCUT2D eigenvalue weighted by Crippen LogP contribution is -2.36. The van der Waals surface area contributed by atoms with Crippen molar-refractivity contribution in [1.29, 1.82) is 0 Å². The maximum absolute atomic E-state index is 10.4. The fourth-order valence-electron chi connectivity index (χ4n) is 2.60. The molecule has 2 unspecified atom stereocenters. The molecule has 3 rings (SSSR count).